The van der Waals surface area contributed by atoms with Gasteiger partial charge in [-0.25, -0.2) is 0 Å². The van der Waals surface area contributed by atoms with E-state index in [4.69, 9.17) is 14.2 Å². The minimum atomic E-state index is -3.98. The van der Waals surface area contributed by atoms with Crippen molar-refractivity contribution in [2.45, 2.75) is 37.5 Å². The molecular formula is C26H32N2O6S2. The molecule has 2 aromatic rings. The van der Waals surface area contributed by atoms with Crippen LogP contribution in [0.25, 0.3) is 6.08 Å². The third kappa shape index (κ3) is 7.35. The second kappa shape index (κ2) is 13.5. The Morgan fingerprint density at radius 3 is 2.47 bits per heavy atom. The molecule has 1 aliphatic heterocycles. The highest BCUT2D eigenvalue weighted by Crippen LogP contribution is 2.35. The first-order valence-corrected chi connectivity index (χ1v) is 14.1. The highest BCUT2D eigenvalue weighted by Gasteiger charge is 2.34. The number of benzene rings is 2. The Morgan fingerprint density at radius 2 is 1.78 bits per heavy atom. The van der Waals surface area contributed by atoms with Gasteiger partial charge in [-0.05, 0) is 60.5 Å². The first kappa shape index (κ1) is 27.8. The number of nitrogens with zero attached hydrogens (tertiary/aromatic N) is 2. The molecule has 1 aliphatic rings. The van der Waals surface area contributed by atoms with Gasteiger partial charge in [0.15, 0.2) is 16.7 Å². The lowest BCUT2D eigenvalue weighted by molar-refractivity contribution is -0.122. The summed E-state index contributed by atoms with van der Waals surface area (Å²) in [6.07, 6.45) is 5.36. The van der Waals surface area contributed by atoms with E-state index in [0.29, 0.717) is 36.0 Å². The van der Waals surface area contributed by atoms with E-state index in [1.165, 1.54) is 17.0 Å². The number of sulfonamides is 1. The van der Waals surface area contributed by atoms with E-state index < -0.39 is 10.0 Å². The van der Waals surface area contributed by atoms with Crippen molar-refractivity contribution >= 4 is 38.9 Å². The van der Waals surface area contributed by atoms with E-state index in [0.717, 1.165) is 36.6 Å². The van der Waals surface area contributed by atoms with Crippen molar-refractivity contribution in [2.75, 3.05) is 34.0 Å². The highest BCUT2D eigenvalue weighted by atomic mass is 32.2. The van der Waals surface area contributed by atoms with Crippen LogP contribution < -0.4 is 9.47 Å². The van der Waals surface area contributed by atoms with E-state index in [2.05, 4.69) is 11.3 Å². The topological polar surface area (TPSA) is 94.5 Å². The minimum Gasteiger partial charge on any atom is -0.493 e. The van der Waals surface area contributed by atoms with Crippen LogP contribution in [0, 0.1) is 0 Å². The lowest BCUT2D eigenvalue weighted by Gasteiger charge is -2.15. The largest absolute Gasteiger partial charge is 0.493 e. The maximum absolute atomic E-state index is 13.3. The Kier molecular flexibility index (Phi) is 10.4. The van der Waals surface area contributed by atoms with Crippen LogP contribution >= 0.6 is 11.8 Å². The molecule has 0 atom stereocenters. The van der Waals surface area contributed by atoms with E-state index in [1.807, 2.05) is 12.1 Å². The molecule has 3 rings (SSSR count). The number of amidine groups is 1. The number of carbonyl (C=O) groups is 1. The molecule has 1 fully saturated rings. The summed E-state index contributed by atoms with van der Waals surface area (Å²) >= 11 is 1.04. The second-order valence-electron chi connectivity index (χ2n) is 8.04. The average molecular weight is 533 g/mol. The Hall–Kier alpha value is -2.82. The van der Waals surface area contributed by atoms with Gasteiger partial charge in [-0.3, -0.25) is 9.69 Å². The Morgan fingerprint density at radius 1 is 1.00 bits per heavy atom. The van der Waals surface area contributed by atoms with Crippen LogP contribution in [-0.2, 0) is 19.6 Å². The number of ether oxygens (including phenoxy) is 3. The van der Waals surface area contributed by atoms with Crippen LogP contribution in [0.4, 0.5) is 0 Å². The van der Waals surface area contributed by atoms with E-state index in [-0.39, 0.29) is 22.5 Å². The third-order valence-corrected chi connectivity index (χ3v) is 7.75. The molecule has 0 aromatic heterocycles. The lowest BCUT2D eigenvalue weighted by Crippen LogP contribution is -2.31. The summed E-state index contributed by atoms with van der Waals surface area (Å²) in [5.74, 6) is 0.895. The SMILES string of the molecule is CCCCCOc1cc(/C=C2\S/C(=N/S(=O)(=O)c3ccccc3)N(CCCOC)C2=O)ccc1OC. The second-order valence-corrected chi connectivity index (χ2v) is 10.7. The maximum atomic E-state index is 13.3. The number of thioether (sulfide) groups is 1. The molecule has 10 heteroatoms. The fraction of sp³-hybridized carbons (Fsp3) is 0.385. The predicted molar refractivity (Wildman–Crippen MR) is 143 cm³/mol. The quantitative estimate of drug-likeness (QED) is 0.266. The molecule has 2 aromatic carbocycles. The minimum absolute atomic E-state index is 0.0693. The molecule has 36 heavy (non-hydrogen) atoms. The lowest BCUT2D eigenvalue weighted by atomic mass is 10.2. The molecule has 1 amide bonds. The first-order valence-electron chi connectivity index (χ1n) is 11.8. The highest BCUT2D eigenvalue weighted by molar-refractivity contribution is 8.19. The summed E-state index contributed by atoms with van der Waals surface area (Å²) in [6.45, 7) is 3.42. The van der Waals surface area contributed by atoms with Crippen LogP contribution in [0.1, 0.15) is 38.2 Å². The van der Waals surface area contributed by atoms with Crippen molar-refractivity contribution in [3.63, 3.8) is 0 Å². The van der Waals surface area contributed by atoms with Crippen molar-refractivity contribution in [3.8, 4) is 11.5 Å². The molecule has 8 nitrogen and oxygen atoms in total. The summed E-state index contributed by atoms with van der Waals surface area (Å²) in [7, 11) is -0.824. The van der Waals surface area contributed by atoms with Gasteiger partial charge >= 0.3 is 0 Å². The number of carbonyl (C=O) groups excluding carboxylic acids is 1. The maximum Gasteiger partial charge on any atom is 0.284 e. The summed E-state index contributed by atoms with van der Waals surface area (Å²) in [4.78, 5) is 15.1. The third-order valence-electron chi connectivity index (χ3n) is 5.35. The monoisotopic (exact) mass is 532 g/mol. The molecule has 1 saturated heterocycles. The number of hydrogen-bond donors (Lipinski definition) is 0. The van der Waals surface area contributed by atoms with Gasteiger partial charge in [0.05, 0.1) is 23.5 Å². The Balaban J connectivity index is 1.90. The fourth-order valence-corrected chi connectivity index (χ4v) is 5.70. The molecule has 194 valence electrons. The van der Waals surface area contributed by atoms with Crippen LogP contribution in [0.2, 0.25) is 0 Å². The molecular weight excluding hydrogens is 500 g/mol. The van der Waals surface area contributed by atoms with E-state index in [9.17, 15) is 13.2 Å². The van der Waals surface area contributed by atoms with Crippen molar-refractivity contribution in [3.05, 3.63) is 59.0 Å². The van der Waals surface area contributed by atoms with Gasteiger partial charge in [0, 0.05) is 20.3 Å². The van der Waals surface area contributed by atoms with Crippen LogP contribution in [-0.4, -0.2) is 58.4 Å². The van der Waals surface area contributed by atoms with Crippen molar-refractivity contribution < 1.29 is 27.4 Å². The molecule has 0 spiro atoms. The zero-order chi connectivity index (χ0) is 26.0. The van der Waals surface area contributed by atoms with Crippen LogP contribution in [0.15, 0.2) is 62.7 Å². The van der Waals surface area contributed by atoms with E-state index in [1.54, 1.807) is 44.6 Å². The fourth-order valence-electron chi connectivity index (χ4n) is 3.47. The Labute approximate surface area is 217 Å². The van der Waals surface area contributed by atoms with Crippen molar-refractivity contribution in [1.82, 2.24) is 4.90 Å². The average Bonchev–Trinajstić information content (AvgIpc) is 3.15. The molecule has 0 N–H and O–H groups in total. The summed E-state index contributed by atoms with van der Waals surface area (Å²) in [5, 5.41) is 0.121. The van der Waals surface area contributed by atoms with Gasteiger partial charge in [0.25, 0.3) is 15.9 Å². The zero-order valence-corrected chi connectivity index (χ0v) is 22.4. The van der Waals surface area contributed by atoms with E-state index >= 15 is 0 Å². The standard InChI is InChI=1S/C26H32N2O6S2/c1-4-5-9-17-34-23-18-20(13-14-22(23)33-3)19-24-25(29)28(15-10-16-32-2)26(35-24)27-36(30,31)21-11-7-6-8-12-21/h6-8,11-14,18-19H,4-5,9-10,15-17H2,1-3H3/b24-19-,27-26+. The summed E-state index contributed by atoms with van der Waals surface area (Å²) < 4.78 is 46.2. The van der Waals surface area contributed by atoms with Crippen LogP contribution in [0.5, 0.6) is 11.5 Å². The van der Waals surface area contributed by atoms with Crippen LogP contribution in [0.3, 0.4) is 0 Å². The molecule has 0 radical (unpaired) electrons. The van der Waals surface area contributed by atoms with Crippen molar-refractivity contribution in [1.29, 1.82) is 0 Å². The molecule has 0 aliphatic carbocycles. The Bertz CT molecular complexity index is 1200. The number of amides is 1. The summed E-state index contributed by atoms with van der Waals surface area (Å²) in [5.41, 5.74) is 0.737. The molecule has 0 bridgehead atoms. The normalized spacial score (nSPS) is 16.2. The smallest absolute Gasteiger partial charge is 0.284 e. The summed E-state index contributed by atoms with van der Waals surface area (Å²) in [6, 6.07) is 13.4. The molecule has 0 unspecified atom stereocenters. The van der Waals surface area contributed by atoms with Gasteiger partial charge in [-0.1, -0.05) is 44.0 Å². The number of hydrogen-bond acceptors (Lipinski definition) is 7. The van der Waals surface area contributed by atoms with Gasteiger partial charge in [-0.2, -0.15) is 8.42 Å². The zero-order valence-electron chi connectivity index (χ0n) is 20.8. The molecule has 1 heterocycles. The predicted octanol–water partition coefficient (Wildman–Crippen LogP) is 4.96. The molecule has 0 saturated carbocycles. The van der Waals surface area contributed by atoms with Gasteiger partial charge < -0.3 is 14.2 Å². The first-order chi connectivity index (χ1) is 17.4. The van der Waals surface area contributed by atoms with Gasteiger partial charge in [0.2, 0.25) is 0 Å². The van der Waals surface area contributed by atoms with Crippen molar-refractivity contribution in [2.24, 2.45) is 4.40 Å². The van der Waals surface area contributed by atoms with Gasteiger partial charge in [-0.15, -0.1) is 4.40 Å². The number of unbranched alkanes of at least 4 members (excludes halogenated alkanes) is 2. The number of methoxy groups -OCH3 is 2. The number of rotatable bonds is 13. The van der Waals surface area contributed by atoms with Gasteiger partial charge in [0.1, 0.15) is 0 Å².